The summed E-state index contributed by atoms with van der Waals surface area (Å²) in [7, 11) is 0. The summed E-state index contributed by atoms with van der Waals surface area (Å²) in [5.41, 5.74) is 5.98. The van der Waals surface area contributed by atoms with Gasteiger partial charge in [0.05, 0.1) is 0 Å². The molecule has 0 spiro atoms. The molecular formula is C14H30N2. The largest absolute Gasteiger partial charge is 0.329 e. The molecule has 0 aromatic heterocycles. The minimum absolute atomic E-state index is 0.632. The van der Waals surface area contributed by atoms with E-state index in [2.05, 4.69) is 25.7 Å². The Labute approximate surface area is 102 Å². The molecule has 2 heteroatoms. The topological polar surface area (TPSA) is 29.3 Å². The summed E-state index contributed by atoms with van der Waals surface area (Å²) in [6.45, 7) is 10.3. The van der Waals surface area contributed by atoms with Crippen molar-refractivity contribution in [1.82, 2.24) is 4.90 Å². The van der Waals surface area contributed by atoms with Gasteiger partial charge in [-0.1, -0.05) is 40.0 Å². The van der Waals surface area contributed by atoms with E-state index in [0.29, 0.717) is 6.04 Å². The third kappa shape index (κ3) is 3.46. The molecule has 1 aliphatic heterocycles. The van der Waals surface area contributed by atoms with Crippen LogP contribution in [0.15, 0.2) is 0 Å². The molecule has 0 aliphatic carbocycles. The molecule has 1 heterocycles. The zero-order valence-electron chi connectivity index (χ0n) is 11.4. The lowest BCUT2D eigenvalue weighted by atomic mass is 9.88. The van der Waals surface area contributed by atoms with Crippen molar-refractivity contribution in [2.24, 2.45) is 17.6 Å². The molecule has 0 bridgehead atoms. The fourth-order valence-electron chi connectivity index (χ4n) is 3.17. The Morgan fingerprint density at radius 1 is 1.12 bits per heavy atom. The third-order valence-corrected chi connectivity index (χ3v) is 4.53. The van der Waals surface area contributed by atoms with Gasteiger partial charge in [-0.05, 0) is 37.8 Å². The van der Waals surface area contributed by atoms with Gasteiger partial charge in [-0.15, -0.1) is 0 Å². The van der Waals surface area contributed by atoms with Gasteiger partial charge in [-0.2, -0.15) is 0 Å². The Balaban J connectivity index is 2.48. The minimum atomic E-state index is 0.632. The molecule has 1 aliphatic rings. The molecule has 0 aromatic rings. The Morgan fingerprint density at radius 2 is 1.69 bits per heavy atom. The number of nitrogens with zero attached hydrogens (tertiary/aromatic N) is 1. The van der Waals surface area contributed by atoms with Crippen LogP contribution in [0.1, 0.15) is 52.9 Å². The monoisotopic (exact) mass is 226 g/mol. The van der Waals surface area contributed by atoms with Crippen LogP contribution in [0.5, 0.6) is 0 Å². The fraction of sp³-hybridized carbons (Fsp3) is 1.00. The lowest BCUT2D eigenvalue weighted by Crippen LogP contribution is -2.48. The number of piperidine rings is 1. The quantitative estimate of drug-likeness (QED) is 0.754. The van der Waals surface area contributed by atoms with Crippen LogP contribution < -0.4 is 5.73 Å². The average molecular weight is 226 g/mol. The van der Waals surface area contributed by atoms with E-state index >= 15 is 0 Å². The molecule has 2 nitrogen and oxygen atoms in total. The molecule has 16 heavy (non-hydrogen) atoms. The standard InChI is InChI=1S/C14H30N2/c1-4-12-7-9-16(10-8-12)14(11-15)13(5-2)6-3/h12-14H,4-11,15H2,1-3H3. The molecule has 1 fully saturated rings. The summed E-state index contributed by atoms with van der Waals surface area (Å²) >= 11 is 0. The van der Waals surface area contributed by atoms with Crippen molar-refractivity contribution in [3.05, 3.63) is 0 Å². The normalized spacial score (nSPS) is 21.6. The molecule has 96 valence electrons. The number of nitrogens with two attached hydrogens (primary N) is 1. The van der Waals surface area contributed by atoms with E-state index in [-0.39, 0.29) is 0 Å². The fourth-order valence-corrected chi connectivity index (χ4v) is 3.17. The first-order valence-electron chi connectivity index (χ1n) is 7.20. The molecule has 0 aromatic carbocycles. The molecule has 1 rings (SSSR count). The van der Waals surface area contributed by atoms with Crippen LogP contribution in [0.25, 0.3) is 0 Å². The molecule has 1 unspecified atom stereocenters. The minimum Gasteiger partial charge on any atom is -0.329 e. The first kappa shape index (κ1) is 14.0. The van der Waals surface area contributed by atoms with E-state index in [4.69, 9.17) is 5.73 Å². The van der Waals surface area contributed by atoms with E-state index < -0.39 is 0 Å². The first-order valence-corrected chi connectivity index (χ1v) is 7.20. The summed E-state index contributed by atoms with van der Waals surface area (Å²) in [5, 5.41) is 0. The van der Waals surface area contributed by atoms with E-state index in [9.17, 15) is 0 Å². The van der Waals surface area contributed by atoms with Gasteiger partial charge < -0.3 is 5.73 Å². The highest BCUT2D eigenvalue weighted by molar-refractivity contribution is 4.82. The Morgan fingerprint density at radius 3 is 2.06 bits per heavy atom. The number of likely N-dealkylation sites (tertiary alicyclic amines) is 1. The van der Waals surface area contributed by atoms with Crippen molar-refractivity contribution in [3.63, 3.8) is 0 Å². The number of rotatable bonds is 6. The molecule has 0 radical (unpaired) electrons. The van der Waals surface area contributed by atoms with Gasteiger partial charge in [0.1, 0.15) is 0 Å². The van der Waals surface area contributed by atoms with Crippen molar-refractivity contribution >= 4 is 0 Å². The molecule has 0 saturated carbocycles. The maximum absolute atomic E-state index is 5.98. The van der Waals surface area contributed by atoms with Crippen molar-refractivity contribution in [1.29, 1.82) is 0 Å². The summed E-state index contributed by atoms with van der Waals surface area (Å²) < 4.78 is 0. The second-order valence-electron chi connectivity index (χ2n) is 5.27. The van der Waals surface area contributed by atoms with Crippen LogP contribution >= 0.6 is 0 Å². The van der Waals surface area contributed by atoms with Crippen molar-refractivity contribution in [2.75, 3.05) is 19.6 Å². The van der Waals surface area contributed by atoms with Crippen LogP contribution in [0.3, 0.4) is 0 Å². The first-order chi connectivity index (χ1) is 7.76. The Kier molecular flexibility index (Phi) is 6.37. The van der Waals surface area contributed by atoms with E-state index in [0.717, 1.165) is 18.4 Å². The lowest BCUT2D eigenvalue weighted by Gasteiger charge is -2.40. The average Bonchev–Trinajstić information content (AvgIpc) is 2.36. The maximum Gasteiger partial charge on any atom is 0.0246 e. The van der Waals surface area contributed by atoms with Crippen molar-refractivity contribution in [2.45, 2.75) is 58.9 Å². The van der Waals surface area contributed by atoms with Crippen molar-refractivity contribution < 1.29 is 0 Å². The molecular weight excluding hydrogens is 196 g/mol. The predicted molar refractivity (Wildman–Crippen MR) is 71.5 cm³/mol. The van der Waals surface area contributed by atoms with E-state index in [1.54, 1.807) is 0 Å². The van der Waals surface area contributed by atoms with Gasteiger partial charge in [0.2, 0.25) is 0 Å². The summed E-state index contributed by atoms with van der Waals surface area (Å²) in [6, 6.07) is 0.632. The molecule has 1 atom stereocenters. The van der Waals surface area contributed by atoms with Crippen LogP contribution in [-0.4, -0.2) is 30.6 Å². The second kappa shape index (κ2) is 7.29. The molecule has 0 amide bonds. The molecule has 1 saturated heterocycles. The van der Waals surface area contributed by atoms with Gasteiger partial charge in [0, 0.05) is 12.6 Å². The van der Waals surface area contributed by atoms with Crippen LogP contribution in [0.4, 0.5) is 0 Å². The van der Waals surface area contributed by atoms with Gasteiger partial charge >= 0.3 is 0 Å². The zero-order chi connectivity index (χ0) is 12.0. The smallest absolute Gasteiger partial charge is 0.0246 e. The summed E-state index contributed by atoms with van der Waals surface area (Å²) in [5.74, 6) is 1.76. The Bertz CT molecular complexity index is 170. The highest BCUT2D eigenvalue weighted by Gasteiger charge is 2.27. The number of hydrogen-bond donors (Lipinski definition) is 1. The van der Waals surface area contributed by atoms with Gasteiger partial charge in [0.15, 0.2) is 0 Å². The lowest BCUT2D eigenvalue weighted by molar-refractivity contribution is 0.0939. The van der Waals surface area contributed by atoms with Crippen molar-refractivity contribution in [3.8, 4) is 0 Å². The van der Waals surface area contributed by atoms with Crippen LogP contribution in [0.2, 0.25) is 0 Å². The van der Waals surface area contributed by atoms with Crippen LogP contribution in [-0.2, 0) is 0 Å². The number of hydrogen-bond acceptors (Lipinski definition) is 2. The SMILES string of the molecule is CCC1CCN(C(CN)C(CC)CC)CC1. The van der Waals surface area contributed by atoms with E-state index in [1.807, 2.05) is 0 Å². The van der Waals surface area contributed by atoms with Gasteiger partial charge in [0.25, 0.3) is 0 Å². The van der Waals surface area contributed by atoms with Crippen LogP contribution in [0, 0.1) is 11.8 Å². The highest BCUT2D eigenvalue weighted by Crippen LogP contribution is 2.25. The second-order valence-corrected chi connectivity index (χ2v) is 5.27. The van der Waals surface area contributed by atoms with Gasteiger partial charge in [-0.25, -0.2) is 0 Å². The third-order valence-electron chi connectivity index (χ3n) is 4.53. The van der Waals surface area contributed by atoms with E-state index in [1.165, 1.54) is 45.2 Å². The predicted octanol–water partition coefficient (Wildman–Crippen LogP) is 2.87. The molecule has 2 N–H and O–H groups in total. The summed E-state index contributed by atoms with van der Waals surface area (Å²) in [6.07, 6.45) is 6.66. The summed E-state index contributed by atoms with van der Waals surface area (Å²) in [4.78, 5) is 2.66. The van der Waals surface area contributed by atoms with Gasteiger partial charge in [-0.3, -0.25) is 4.90 Å². The highest BCUT2D eigenvalue weighted by atomic mass is 15.2. The maximum atomic E-state index is 5.98. The zero-order valence-corrected chi connectivity index (χ0v) is 11.4. The Hall–Kier alpha value is -0.0800.